The van der Waals surface area contributed by atoms with Gasteiger partial charge in [0.1, 0.15) is 6.07 Å². The average molecular weight is 305 g/mol. The van der Waals surface area contributed by atoms with Gasteiger partial charge in [0.25, 0.3) is 0 Å². The molecule has 2 aliphatic carbocycles. The van der Waals surface area contributed by atoms with Crippen LogP contribution in [-0.2, 0) is 11.2 Å². The van der Waals surface area contributed by atoms with E-state index < -0.39 is 5.41 Å². The highest BCUT2D eigenvalue weighted by Crippen LogP contribution is 2.54. The minimum absolute atomic E-state index is 0.00221. The summed E-state index contributed by atoms with van der Waals surface area (Å²) in [7, 11) is 0. The number of fused-ring (bicyclic) bond motifs is 1. The molecule has 0 bridgehead atoms. The van der Waals surface area contributed by atoms with Crippen LogP contribution in [0.2, 0.25) is 0 Å². The molecular weight excluding hydrogens is 282 g/mol. The summed E-state index contributed by atoms with van der Waals surface area (Å²) in [5.74, 6) is 0.265. The van der Waals surface area contributed by atoms with Gasteiger partial charge in [-0.25, -0.2) is 0 Å². The molecule has 0 saturated heterocycles. The summed E-state index contributed by atoms with van der Waals surface area (Å²) in [6.45, 7) is 6.21. The van der Waals surface area contributed by atoms with E-state index in [4.69, 9.17) is 0 Å². The average Bonchev–Trinajstić information content (AvgIpc) is 2.52. The maximum Gasteiger partial charge on any atom is 0.178 e. The number of ketones is 1. The van der Waals surface area contributed by atoms with Crippen molar-refractivity contribution in [1.29, 1.82) is 5.26 Å². The summed E-state index contributed by atoms with van der Waals surface area (Å²) in [5.41, 5.74) is 2.49. The van der Waals surface area contributed by atoms with Gasteiger partial charge in [-0.3, -0.25) is 4.79 Å². The molecule has 0 unspecified atom stereocenters. The monoisotopic (exact) mass is 305 g/mol. The van der Waals surface area contributed by atoms with Gasteiger partial charge in [0.2, 0.25) is 0 Å². The minimum Gasteiger partial charge on any atom is -0.293 e. The van der Waals surface area contributed by atoms with Gasteiger partial charge in [0.05, 0.1) is 5.57 Å². The number of Topliss-reactive ketones (excluding diaryl/α,β-unsaturated/α-hetero) is 1. The highest BCUT2D eigenvalue weighted by Gasteiger charge is 2.51. The Bertz CT molecular complexity index is 733. The van der Waals surface area contributed by atoms with E-state index in [1.54, 1.807) is 0 Å². The van der Waals surface area contributed by atoms with Gasteiger partial charge in [-0.1, -0.05) is 68.8 Å². The molecule has 2 heteroatoms. The number of benzene rings is 1. The van der Waals surface area contributed by atoms with Crippen molar-refractivity contribution in [2.75, 3.05) is 0 Å². The number of hydrogen-bond acceptors (Lipinski definition) is 2. The second-order valence-corrected chi connectivity index (χ2v) is 7.72. The van der Waals surface area contributed by atoms with Gasteiger partial charge in [-0.15, -0.1) is 0 Å². The third-order valence-corrected chi connectivity index (χ3v) is 5.62. The van der Waals surface area contributed by atoms with Gasteiger partial charge in [-0.2, -0.15) is 5.26 Å². The quantitative estimate of drug-likeness (QED) is 0.747. The Morgan fingerprint density at radius 1 is 1.22 bits per heavy atom. The van der Waals surface area contributed by atoms with Crippen LogP contribution in [0, 0.1) is 28.1 Å². The van der Waals surface area contributed by atoms with Crippen molar-refractivity contribution in [2.45, 2.75) is 40.0 Å². The molecule has 3 rings (SSSR count). The zero-order valence-corrected chi connectivity index (χ0v) is 14.1. The molecule has 0 heterocycles. The van der Waals surface area contributed by atoms with Crippen molar-refractivity contribution >= 4 is 5.78 Å². The van der Waals surface area contributed by atoms with Gasteiger partial charge >= 0.3 is 0 Å². The number of carbonyl (C=O) groups is 1. The predicted octanol–water partition coefficient (Wildman–Crippen LogP) is 4.63. The maximum absolute atomic E-state index is 12.5. The molecule has 0 radical (unpaired) electrons. The largest absolute Gasteiger partial charge is 0.293 e. The number of allylic oxidation sites excluding steroid dienone is 4. The number of hydrogen-bond donors (Lipinski definition) is 0. The van der Waals surface area contributed by atoms with Crippen LogP contribution in [0.15, 0.2) is 53.6 Å². The zero-order valence-electron chi connectivity index (χ0n) is 14.1. The standard InChI is InChI=1S/C21H23NO/c1-20(2)18-10-9-16(11-15-7-5-4-6-8-15)12-21(18,3)13-17(14-22)19(20)23/h4-9,13,18H,10-12H2,1-3H3/t18-,21-/m0/s1. The Morgan fingerprint density at radius 3 is 2.57 bits per heavy atom. The number of carbonyl (C=O) groups excluding carboxylic acids is 1. The second-order valence-electron chi connectivity index (χ2n) is 7.72. The first-order valence-corrected chi connectivity index (χ1v) is 8.26. The van der Waals surface area contributed by atoms with E-state index in [0.29, 0.717) is 5.57 Å². The van der Waals surface area contributed by atoms with Crippen molar-refractivity contribution < 1.29 is 4.79 Å². The molecule has 2 nitrogen and oxygen atoms in total. The van der Waals surface area contributed by atoms with Crippen molar-refractivity contribution in [3.63, 3.8) is 0 Å². The van der Waals surface area contributed by atoms with Gasteiger partial charge in [0, 0.05) is 5.41 Å². The number of nitriles is 1. The minimum atomic E-state index is -0.469. The fourth-order valence-electron chi connectivity index (χ4n) is 4.49. The maximum atomic E-state index is 12.5. The molecule has 0 fully saturated rings. The fraction of sp³-hybridized carbons (Fsp3) is 0.429. The van der Waals surface area contributed by atoms with Gasteiger partial charge in [0.15, 0.2) is 5.78 Å². The first-order valence-electron chi connectivity index (χ1n) is 8.26. The summed E-state index contributed by atoms with van der Waals surface area (Å²) in [4.78, 5) is 12.5. The lowest BCUT2D eigenvalue weighted by atomic mass is 9.53. The molecule has 23 heavy (non-hydrogen) atoms. The van der Waals surface area contributed by atoms with Gasteiger partial charge in [-0.05, 0) is 36.2 Å². The van der Waals surface area contributed by atoms with Crippen LogP contribution in [0.4, 0.5) is 0 Å². The van der Waals surface area contributed by atoms with Crippen LogP contribution in [0.5, 0.6) is 0 Å². The summed E-state index contributed by atoms with van der Waals surface area (Å²) in [6.07, 6.45) is 7.05. The topological polar surface area (TPSA) is 40.9 Å². The van der Waals surface area contributed by atoms with E-state index in [1.165, 1.54) is 11.1 Å². The molecule has 0 aliphatic heterocycles. The molecule has 2 atom stereocenters. The lowest BCUT2D eigenvalue weighted by Crippen LogP contribution is -2.47. The van der Waals surface area contributed by atoms with Crippen molar-refractivity contribution in [2.24, 2.45) is 16.7 Å². The van der Waals surface area contributed by atoms with Crippen molar-refractivity contribution in [3.8, 4) is 6.07 Å². The molecule has 1 aromatic carbocycles. The highest BCUT2D eigenvalue weighted by atomic mass is 16.1. The Morgan fingerprint density at radius 2 is 1.91 bits per heavy atom. The first-order chi connectivity index (χ1) is 10.9. The number of rotatable bonds is 2. The van der Waals surface area contributed by atoms with E-state index >= 15 is 0 Å². The first kappa shape index (κ1) is 15.7. The van der Waals surface area contributed by atoms with Crippen molar-refractivity contribution in [1.82, 2.24) is 0 Å². The highest BCUT2D eigenvalue weighted by molar-refractivity contribution is 6.04. The summed E-state index contributed by atoms with van der Waals surface area (Å²) < 4.78 is 0. The normalized spacial score (nSPS) is 29.1. The van der Waals surface area contributed by atoms with Crippen LogP contribution in [0.25, 0.3) is 0 Å². The summed E-state index contributed by atoms with van der Waals surface area (Å²) >= 11 is 0. The Balaban J connectivity index is 1.93. The Kier molecular flexibility index (Phi) is 3.76. The van der Waals surface area contributed by atoms with Crippen LogP contribution in [0.1, 0.15) is 39.2 Å². The molecule has 118 valence electrons. The second kappa shape index (κ2) is 5.49. The van der Waals surface area contributed by atoms with Crippen LogP contribution < -0.4 is 0 Å². The molecule has 0 N–H and O–H groups in total. The van der Waals surface area contributed by atoms with E-state index in [-0.39, 0.29) is 17.1 Å². The predicted molar refractivity (Wildman–Crippen MR) is 91.5 cm³/mol. The smallest absolute Gasteiger partial charge is 0.178 e. The molecular formula is C21H23NO. The third-order valence-electron chi connectivity index (χ3n) is 5.62. The Labute approximate surface area is 138 Å². The molecule has 0 amide bonds. The summed E-state index contributed by atoms with van der Waals surface area (Å²) in [5, 5.41) is 9.35. The molecule has 0 saturated carbocycles. The molecule has 2 aliphatic rings. The molecule has 0 aromatic heterocycles. The van der Waals surface area contributed by atoms with E-state index in [2.05, 4.69) is 43.3 Å². The van der Waals surface area contributed by atoms with Crippen LogP contribution >= 0.6 is 0 Å². The Hall–Kier alpha value is -2.14. The lowest BCUT2D eigenvalue weighted by Gasteiger charge is -2.49. The van der Waals surface area contributed by atoms with E-state index in [1.807, 2.05) is 26.0 Å². The lowest BCUT2D eigenvalue weighted by molar-refractivity contribution is -0.129. The van der Waals surface area contributed by atoms with Crippen LogP contribution in [-0.4, -0.2) is 5.78 Å². The summed E-state index contributed by atoms with van der Waals surface area (Å²) in [6, 6.07) is 12.6. The SMILES string of the molecule is CC1(C)C(=O)C(C#N)=C[C@]2(C)CC(Cc3ccccc3)=CC[C@@H]12. The molecule has 0 spiro atoms. The third kappa shape index (κ3) is 2.65. The van der Waals surface area contributed by atoms with E-state index in [9.17, 15) is 10.1 Å². The van der Waals surface area contributed by atoms with Crippen molar-refractivity contribution in [3.05, 3.63) is 59.2 Å². The fourth-order valence-corrected chi connectivity index (χ4v) is 4.49. The van der Waals surface area contributed by atoms with Crippen LogP contribution in [0.3, 0.4) is 0 Å². The van der Waals surface area contributed by atoms with E-state index in [0.717, 1.165) is 19.3 Å². The zero-order chi connectivity index (χ0) is 16.7. The molecule has 1 aromatic rings. The number of nitrogens with zero attached hydrogens (tertiary/aromatic N) is 1. The van der Waals surface area contributed by atoms with Gasteiger partial charge < -0.3 is 0 Å².